The van der Waals surface area contributed by atoms with Crippen molar-refractivity contribution in [3.8, 4) is 0 Å². The summed E-state index contributed by atoms with van der Waals surface area (Å²) in [5, 5.41) is 3.59. The Labute approximate surface area is 123 Å². The van der Waals surface area contributed by atoms with Crippen molar-refractivity contribution < 1.29 is 4.39 Å². The Hall–Kier alpha value is -0.890. The van der Waals surface area contributed by atoms with E-state index in [1.165, 1.54) is 31.2 Å². The first-order chi connectivity index (χ1) is 9.58. The highest BCUT2D eigenvalue weighted by molar-refractivity contribution is 5.27. The van der Waals surface area contributed by atoms with E-state index < -0.39 is 0 Å². The van der Waals surface area contributed by atoms with E-state index in [0.29, 0.717) is 17.8 Å². The molecule has 0 bridgehead atoms. The number of hydrogen-bond acceptors (Lipinski definition) is 1. The molecule has 1 saturated carbocycles. The van der Waals surface area contributed by atoms with Gasteiger partial charge < -0.3 is 5.32 Å². The maximum Gasteiger partial charge on any atom is 0.126 e. The first-order valence-electron chi connectivity index (χ1n) is 8.04. The molecule has 1 aliphatic rings. The highest BCUT2D eigenvalue weighted by Gasteiger charge is 2.26. The topological polar surface area (TPSA) is 12.0 Å². The molecule has 2 atom stereocenters. The second-order valence-electron chi connectivity index (χ2n) is 6.71. The molecule has 0 aromatic heterocycles. The van der Waals surface area contributed by atoms with Crippen molar-refractivity contribution in [1.29, 1.82) is 0 Å². The number of benzene rings is 1. The van der Waals surface area contributed by atoms with Gasteiger partial charge >= 0.3 is 0 Å². The van der Waals surface area contributed by atoms with E-state index in [2.05, 4.69) is 25.2 Å². The first-order valence-corrected chi connectivity index (χ1v) is 8.04. The summed E-state index contributed by atoms with van der Waals surface area (Å²) in [6, 6.07) is 5.82. The lowest BCUT2D eigenvalue weighted by Gasteiger charge is -2.32. The molecule has 0 amide bonds. The largest absolute Gasteiger partial charge is 0.316 e. The van der Waals surface area contributed by atoms with Crippen LogP contribution in [0.2, 0.25) is 0 Å². The minimum absolute atomic E-state index is 0.0537. The summed E-state index contributed by atoms with van der Waals surface area (Å²) >= 11 is 0. The summed E-state index contributed by atoms with van der Waals surface area (Å²) in [4.78, 5) is 0. The van der Waals surface area contributed by atoms with E-state index in [9.17, 15) is 4.39 Å². The Bertz CT molecular complexity index is 427. The molecule has 2 rings (SSSR count). The van der Waals surface area contributed by atoms with E-state index in [1.807, 2.05) is 13.0 Å². The maximum atomic E-state index is 13.8. The second kappa shape index (κ2) is 7.21. The lowest BCUT2D eigenvalue weighted by atomic mass is 9.75. The van der Waals surface area contributed by atoms with Gasteiger partial charge in [-0.15, -0.1) is 0 Å². The fourth-order valence-corrected chi connectivity index (χ4v) is 3.29. The predicted molar refractivity (Wildman–Crippen MR) is 83.5 cm³/mol. The molecule has 20 heavy (non-hydrogen) atoms. The molecule has 0 spiro atoms. The number of rotatable bonds is 5. The van der Waals surface area contributed by atoms with Crippen molar-refractivity contribution in [2.24, 2.45) is 11.8 Å². The first kappa shape index (κ1) is 15.5. The third-order valence-corrected chi connectivity index (χ3v) is 4.49. The molecule has 1 fully saturated rings. The normalized spacial score (nSPS) is 23.2. The monoisotopic (exact) mass is 277 g/mol. The van der Waals surface area contributed by atoms with Crippen molar-refractivity contribution in [2.75, 3.05) is 13.1 Å². The number of hydrogen-bond donors (Lipinski definition) is 1. The molecule has 0 saturated heterocycles. The van der Waals surface area contributed by atoms with Crippen molar-refractivity contribution >= 4 is 0 Å². The molecular weight excluding hydrogens is 249 g/mol. The van der Waals surface area contributed by atoms with Gasteiger partial charge in [0.05, 0.1) is 0 Å². The average Bonchev–Trinajstić information content (AvgIpc) is 2.42. The van der Waals surface area contributed by atoms with Gasteiger partial charge in [-0.1, -0.05) is 38.8 Å². The molecule has 0 radical (unpaired) electrons. The second-order valence-corrected chi connectivity index (χ2v) is 6.71. The highest BCUT2D eigenvalue weighted by atomic mass is 19.1. The van der Waals surface area contributed by atoms with Crippen LogP contribution in [0.25, 0.3) is 0 Å². The van der Waals surface area contributed by atoms with Crippen molar-refractivity contribution in [2.45, 2.75) is 52.4 Å². The summed E-state index contributed by atoms with van der Waals surface area (Å²) in [7, 11) is 0. The third-order valence-electron chi connectivity index (χ3n) is 4.49. The number of aryl methyl sites for hydroxylation is 1. The van der Waals surface area contributed by atoms with Crippen LogP contribution < -0.4 is 5.32 Å². The Morgan fingerprint density at radius 3 is 2.70 bits per heavy atom. The van der Waals surface area contributed by atoms with Crippen LogP contribution in [0.1, 0.15) is 56.6 Å². The fourth-order valence-electron chi connectivity index (χ4n) is 3.29. The molecular formula is C18H28FN. The van der Waals surface area contributed by atoms with E-state index in [0.717, 1.165) is 18.7 Å². The predicted octanol–water partition coefficient (Wildman–Crippen LogP) is 4.65. The number of halogens is 1. The van der Waals surface area contributed by atoms with Gasteiger partial charge in [0.15, 0.2) is 0 Å². The molecule has 1 N–H and O–H groups in total. The van der Waals surface area contributed by atoms with Crippen LogP contribution in [-0.4, -0.2) is 13.1 Å². The van der Waals surface area contributed by atoms with Crippen molar-refractivity contribution in [3.05, 3.63) is 35.1 Å². The molecule has 0 heterocycles. The van der Waals surface area contributed by atoms with Crippen LogP contribution in [0.15, 0.2) is 18.2 Å². The van der Waals surface area contributed by atoms with Crippen LogP contribution in [0.4, 0.5) is 4.39 Å². The van der Waals surface area contributed by atoms with Crippen LogP contribution in [0.5, 0.6) is 0 Å². The van der Waals surface area contributed by atoms with E-state index in [1.54, 1.807) is 6.07 Å². The molecule has 1 aliphatic carbocycles. The molecule has 1 aromatic carbocycles. The molecule has 1 aromatic rings. The standard InChI is InChI=1S/C18H28FN/c1-13(2)11-20-12-16-6-4-5-7-17(16)15-9-8-14(3)18(19)10-15/h8-10,13,16-17,20H,4-7,11-12H2,1-3H3. The Morgan fingerprint density at radius 1 is 1.25 bits per heavy atom. The maximum absolute atomic E-state index is 13.8. The van der Waals surface area contributed by atoms with Crippen LogP contribution >= 0.6 is 0 Å². The molecule has 112 valence electrons. The summed E-state index contributed by atoms with van der Waals surface area (Å²) in [6.45, 7) is 8.45. The summed E-state index contributed by atoms with van der Waals surface area (Å²) in [5.41, 5.74) is 1.95. The SMILES string of the molecule is Cc1ccc(C2CCCCC2CNCC(C)C)cc1F. The summed E-state index contributed by atoms with van der Waals surface area (Å²) in [6.07, 6.45) is 5.07. The summed E-state index contributed by atoms with van der Waals surface area (Å²) < 4.78 is 13.8. The quantitative estimate of drug-likeness (QED) is 0.826. The van der Waals surface area contributed by atoms with Gasteiger partial charge in [-0.25, -0.2) is 4.39 Å². The van der Waals surface area contributed by atoms with Gasteiger partial charge in [-0.2, -0.15) is 0 Å². The van der Waals surface area contributed by atoms with Crippen molar-refractivity contribution in [1.82, 2.24) is 5.32 Å². The van der Waals surface area contributed by atoms with E-state index in [4.69, 9.17) is 0 Å². The molecule has 1 nitrogen and oxygen atoms in total. The highest BCUT2D eigenvalue weighted by Crippen LogP contribution is 2.37. The van der Waals surface area contributed by atoms with Crippen molar-refractivity contribution in [3.63, 3.8) is 0 Å². The Morgan fingerprint density at radius 2 is 2.00 bits per heavy atom. The average molecular weight is 277 g/mol. The van der Waals surface area contributed by atoms with Gasteiger partial charge in [-0.3, -0.25) is 0 Å². The minimum Gasteiger partial charge on any atom is -0.316 e. The molecule has 2 heteroatoms. The van der Waals surface area contributed by atoms with Gasteiger partial charge in [-0.05, 0) is 67.8 Å². The van der Waals surface area contributed by atoms with Crippen LogP contribution in [0.3, 0.4) is 0 Å². The van der Waals surface area contributed by atoms with E-state index >= 15 is 0 Å². The lowest BCUT2D eigenvalue weighted by molar-refractivity contribution is 0.291. The zero-order valence-corrected chi connectivity index (χ0v) is 13.1. The van der Waals surface area contributed by atoms with Gasteiger partial charge in [0, 0.05) is 0 Å². The zero-order valence-electron chi connectivity index (χ0n) is 13.1. The molecule has 0 aliphatic heterocycles. The Kier molecular flexibility index (Phi) is 5.59. The van der Waals surface area contributed by atoms with Gasteiger partial charge in [0.2, 0.25) is 0 Å². The van der Waals surface area contributed by atoms with Gasteiger partial charge in [0.25, 0.3) is 0 Å². The third kappa shape index (κ3) is 4.05. The van der Waals surface area contributed by atoms with E-state index in [-0.39, 0.29) is 5.82 Å². The Balaban J connectivity index is 2.03. The van der Waals surface area contributed by atoms with Gasteiger partial charge in [0.1, 0.15) is 5.82 Å². The summed E-state index contributed by atoms with van der Waals surface area (Å²) in [5.74, 6) is 1.82. The van der Waals surface area contributed by atoms with Crippen LogP contribution in [0, 0.1) is 24.6 Å². The smallest absolute Gasteiger partial charge is 0.126 e. The lowest BCUT2D eigenvalue weighted by Crippen LogP contribution is -2.31. The van der Waals surface area contributed by atoms with Crippen LogP contribution in [-0.2, 0) is 0 Å². The minimum atomic E-state index is -0.0537. The fraction of sp³-hybridized carbons (Fsp3) is 0.667. The molecule has 2 unspecified atom stereocenters. The number of nitrogens with one attached hydrogen (secondary N) is 1. The zero-order chi connectivity index (χ0) is 14.5.